The Balaban J connectivity index is 1.77. The summed E-state index contributed by atoms with van der Waals surface area (Å²) in [5, 5.41) is 9.67. The highest BCUT2D eigenvalue weighted by molar-refractivity contribution is 6.30. The maximum Gasteiger partial charge on any atom is 0.125 e. The van der Waals surface area contributed by atoms with Gasteiger partial charge in [0.05, 0.1) is 11.6 Å². The van der Waals surface area contributed by atoms with E-state index in [9.17, 15) is 4.39 Å². The molecule has 1 fully saturated rings. The van der Waals surface area contributed by atoms with E-state index >= 15 is 0 Å². The minimum atomic E-state index is -0.443. The van der Waals surface area contributed by atoms with Crippen LogP contribution in [-0.2, 0) is 0 Å². The van der Waals surface area contributed by atoms with Crippen molar-refractivity contribution in [2.24, 2.45) is 5.41 Å². The summed E-state index contributed by atoms with van der Waals surface area (Å²) in [4.78, 5) is 2.34. The van der Waals surface area contributed by atoms with Gasteiger partial charge in [-0.3, -0.25) is 0 Å². The van der Waals surface area contributed by atoms with Crippen LogP contribution in [0.2, 0.25) is 5.02 Å². The maximum absolute atomic E-state index is 13.5. The molecule has 1 aliphatic rings. The van der Waals surface area contributed by atoms with Gasteiger partial charge in [-0.25, -0.2) is 4.39 Å². The number of nitrogens with zero attached hydrogens (tertiary/aromatic N) is 2. The Labute approximate surface area is 164 Å². The van der Waals surface area contributed by atoms with Gasteiger partial charge < -0.3 is 4.90 Å². The van der Waals surface area contributed by atoms with Gasteiger partial charge in [0, 0.05) is 34.8 Å². The van der Waals surface area contributed by atoms with Crippen molar-refractivity contribution >= 4 is 17.3 Å². The molecule has 2 aromatic carbocycles. The number of benzene rings is 2. The molecular weight excluding hydrogens is 359 g/mol. The van der Waals surface area contributed by atoms with Crippen molar-refractivity contribution in [3.05, 3.63) is 76.1 Å². The van der Waals surface area contributed by atoms with Gasteiger partial charge in [0.25, 0.3) is 0 Å². The molecule has 2 aromatic rings. The fourth-order valence-corrected chi connectivity index (χ4v) is 3.53. The van der Waals surface area contributed by atoms with Gasteiger partial charge in [-0.05, 0) is 48.9 Å². The fraction of sp³-hybridized carbons (Fsp3) is 0.261. The molecule has 2 nitrogen and oxygen atoms in total. The van der Waals surface area contributed by atoms with E-state index in [0.29, 0.717) is 5.56 Å². The first kappa shape index (κ1) is 19.0. The van der Waals surface area contributed by atoms with Crippen molar-refractivity contribution in [3.63, 3.8) is 0 Å². The molecule has 0 amide bonds. The van der Waals surface area contributed by atoms with E-state index in [1.54, 1.807) is 6.07 Å². The predicted molar refractivity (Wildman–Crippen MR) is 108 cm³/mol. The van der Waals surface area contributed by atoms with Crippen LogP contribution in [-0.4, -0.2) is 13.1 Å². The van der Waals surface area contributed by atoms with Gasteiger partial charge in [-0.15, -0.1) is 0 Å². The number of nitriles is 1. The molecule has 1 saturated heterocycles. The first-order valence-corrected chi connectivity index (χ1v) is 9.17. The number of anilines is 1. The summed E-state index contributed by atoms with van der Waals surface area (Å²) in [5.74, 6) is 5.55. The predicted octanol–water partition coefficient (Wildman–Crippen LogP) is 5.57. The van der Waals surface area contributed by atoms with Crippen LogP contribution in [0.3, 0.4) is 0 Å². The second-order valence-corrected chi connectivity index (χ2v) is 7.75. The fourth-order valence-electron chi connectivity index (χ4n) is 3.35. The summed E-state index contributed by atoms with van der Waals surface area (Å²) in [7, 11) is 0. The summed E-state index contributed by atoms with van der Waals surface area (Å²) in [6.45, 7) is 6.18. The van der Waals surface area contributed by atoms with Gasteiger partial charge in [0.1, 0.15) is 5.82 Å². The molecule has 0 saturated carbocycles. The average Bonchev–Trinajstić information content (AvgIpc) is 2.62. The number of halogens is 2. The first-order chi connectivity index (χ1) is 12.9. The lowest BCUT2D eigenvalue weighted by Gasteiger charge is -2.41. The highest BCUT2D eigenvalue weighted by atomic mass is 35.5. The largest absolute Gasteiger partial charge is 0.370 e. The summed E-state index contributed by atoms with van der Waals surface area (Å²) in [6.07, 6.45) is 2.84. The maximum atomic E-state index is 13.5. The van der Waals surface area contributed by atoms with E-state index in [2.05, 4.69) is 36.7 Å². The van der Waals surface area contributed by atoms with E-state index in [-0.39, 0.29) is 11.0 Å². The van der Waals surface area contributed by atoms with Crippen LogP contribution < -0.4 is 4.90 Å². The minimum absolute atomic E-state index is 0.0327. The third-order valence-corrected chi connectivity index (χ3v) is 5.00. The Morgan fingerprint density at radius 1 is 1.19 bits per heavy atom. The van der Waals surface area contributed by atoms with Crippen LogP contribution in [0.4, 0.5) is 10.1 Å². The highest BCUT2D eigenvalue weighted by Gasteiger charge is 2.30. The zero-order valence-electron chi connectivity index (χ0n) is 15.4. The van der Waals surface area contributed by atoms with Crippen molar-refractivity contribution in [2.45, 2.75) is 20.3 Å². The molecule has 0 aliphatic carbocycles. The van der Waals surface area contributed by atoms with Crippen LogP contribution in [0.5, 0.6) is 0 Å². The zero-order valence-corrected chi connectivity index (χ0v) is 16.1. The molecule has 3 rings (SSSR count). The highest BCUT2D eigenvalue weighted by Crippen LogP contribution is 2.36. The molecule has 0 N–H and O–H groups in total. The molecule has 0 bridgehead atoms. The Hall–Kier alpha value is -2.75. The zero-order chi connectivity index (χ0) is 19.4. The summed E-state index contributed by atoms with van der Waals surface area (Å²) >= 11 is 6.12. The van der Waals surface area contributed by atoms with Gasteiger partial charge in [0.15, 0.2) is 0 Å². The quantitative estimate of drug-likeness (QED) is 0.607. The molecule has 0 unspecified atom stereocenters. The lowest BCUT2D eigenvalue weighted by atomic mass is 9.78. The standard InChI is InChI=1S/C23H20ClFN2/c1-23(2)16-27(22-8-4-7-20(24)14-22)10-9-19(23)6-3-5-17-11-18(15-26)13-21(25)12-17/h4,6-8,11-14H,9-10,16H2,1-2H3/b19-6+. The first-order valence-electron chi connectivity index (χ1n) is 8.80. The summed E-state index contributed by atoms with van der Waals surface area (Å²) < 4.78 is 13.5. The topological polar surface area (TPSA) is 27.0 Å². The van der Waals surface area contributed by atoms with Gasteiger partial charge >= 0.3 is 0 Å². The Morgan fingerprint density at radius 2 is 1.96 bits per heavy atom. The molecule has 0 spiro atoms. The lowest BCUT2D eigenvalue weighted by molar-refractivity contribution is 0.392. The second-order valence-electron chi connectivity index (χ2n) is 7.31. The smallest absolute Gasteiger partial charge is 0.125 e. The van der Waals surface area contributed by atoms with E-state index in [0.717, 1.165) is 30.2 Å². The third-order valence-electron chi connectivity index (χ3n) is 4.77. The van der Waals surface area contributed by atoms with Crippen molar-refractivity contribution in [2.75, 3.05) is 18.0 Å². The van der Waals surface area contributed by atoms with E-state index in [1.807, 2.05) is 30.3 Å². The number of rotatable bonds is 1. The molecular formula is C23H20ClFN2. The second kappa shape index (κ2) is 7.87. The Bertz CT molecular complexity index is 989. The molecule has 27 heavy (non-hydrogen) atoms. The van der Waals surface area contributed by atoms with Crippen molar-refractivity contribution < 1.29 is 4.39 Å². The molecule has 4 heteroatoms. The van der Waals surface area contributed by atoms with E-state index < -0.39 is 5.82 Å². The van der Waals surface area contributed by atoms with Gasteiger partial charge in [-0.1, -0.05) is 48.9 Å². The lowest BCUT2D eigenvalue weighted by Crippen LogP contribution is -2.41. The van der Waals surface area contributed by atoms with Crippen LogP contribution in [0.25, 0.3) is 0 Å². The van der Waals surface area contributed by atoms with Crippen LogP contribution in [0, 0.1) is 34.4 Å². The number of allylic oxidation sites excluding steroid dienone is 1. The SMILES string of the molecule is CC1(C)CN(c2cccc(Cl)c2)CC/C1=C\C#Cc1cc(F)cc(C#N)c1. The molecule has 1 aliphatic heterocycles. The monoisotopic (exact) mass is 378 g/mol. The summed E-state index contributed by atoms with van der Waals surface area (Å²) in [6, 6.07) is 14.0. The van der Waals surface area contributed by atoms with Crippen molar-refractivity contribution in [1.29, 1.82) is 5.26 Å². The number of piperidine rings is 1. The minimum Gasteiger partial charge on any atom is -0.370 e. The number of hydrogen-bond acceptors (Lipinski definition) is 2. The molecule has 136 valence electrons. The molecule has 0 atom stereocenters. The van der Waals surface area contributed by atoms with Crippen LogP contribution in [0.1, 0.15) is 31.4 Å². The van der Waals surface area contributed by atoms with Crippen LogP contribution in [0.15, 0.2) is 54.1 Å². The molecule has 1 heterocycles. The Kier molecular flexibility index (Phi) is 5.54. The normalized spacial score (nSPS) is 17.1. The van der Waals surface area contributed by atoms with Crippen LogP contribution >= 0.6 is 11.6 Å². The third kappa shape index (κ3) is 4.70. The van der Waals surface area contributed by atoms with Crippen molar-refractivity contribution in [3.8, 4) is 17.9 Å². The van der Waals surface area contributed by atoms with E-state index in [4.69, 9.17) is 16.9 Å². The van der Waals surface area contributed by atoms with E-state index in [1.165, 1.54) is 17.7 Å². The van der Waals surface area contributed by atoms with Gasteiger partial charge in [-0.2, -0.15) is 5.26 Å². The summed E-state index contributed by atoms with van der Waals surface area (Å²) in [5.41, 5.74) is 3.16. The average molecular weight is 379 g/mol. The Morgan fingerprint density at radius 3 is 2.67 bits per heavy atom. The molecule has 0 radical (unpaired) electrons. The number of hydrogen-bond donors (Lipinski definition) is 0. The molecule has 0 aromatic heterocycles. The van der Waals surface area contributed by atoms with Crippen molar-refractivity contribution in [1.82, 2.24) is 0 Å². The van der Waals surface area contributed by atoms with Gasteiger partial charge in [0.2, 0.25) is 0 Å².